The van der Waals surface area contributed by atoms with Gasteiger partial charge in [-0.25, -0.2) is 4.79 Å². The molecule has 0 fully saturated rings. The monoisotopic (exact) mass is 290 g/mol. The highest BCUT2D eigenvalue weighted by molar-refractivity contribution is 9.10. The third kappa shape index (κ3) is 5.04. The molecule has 0 heterocycles. The van der Waals surface area contributed by atoms with E-state index in [0.717, 1.165) is 16.6 Å². The van der Waals surface area contributed by atoms with E-state index in [-0.39, 0.29) is 6.03 Å². The van der Waals surface area contributed by atoms with Gasteiger partial charge in [0.1, 0.15) is 0 Å². The zero-order chi connectivity index (χ0) is 11.1. The first-order valence-corrected chi connectivity index (χ1v) is 5.91. The normalized spacial score (nSPS) is 9.73. The zero-order valence-electron chi connectivity index (χ0n) is 8.09. The minimum atomic E-state index is -0.210. The standard InChI is InChI=1S/C10H12BrClN2O/c11-8-3-1-4-9(7-8)14-10(15)13-6-2-5-12/h1,3-4,7H,2,5-6H2,(H2,13,14,15). The van der Waals surface area contributed by atoms with Gasteiger partial charge < -0.3 is 10.6 Å². The molecule has 1 rings (SSSR count). The molecule has 3 nitrogen and oxygen atoms in total. The lowest BCUT2D eigenvalue weighted by molar-refractivity contribution is 0.252. The molecule has 0 unspecified atom stereocenters. The summed E-state index contributed by atoms with van der Waals surface area (Å²) in [6, 6.07) is 7.21. The number of nitrogens with one attached hydrogen (secondary N) is 2. The first-order valence-electron chi connectivity index (χ1n) is 4.59. The lowest BCUT2D eigenvalue weighted by atomic mass is 10.3. The Hall–Kier alpha value is -0.740. The smallest absolute Gasteiger partial charge is 0.319 e. The Morgan fingerprint density at radius 1 is 1.47 bits per heavy atom. The van der Waals surface area contributed by atoms with E-state index in [1.54, 1.807) is 0 Å². The first kappa shape index (κ1) is 12.3. The van der Waals surface area contributed by atoms with Crippen molar-refractivity contribution in [3.05, 3.63) is 28.7 Å². The fraction of sp³-hybridized carbons (Fsp3) is 0.300. The van der Waals surface area contributed by atoms with Crippen LogP contribution in [0.1, 0.15) is 6.42 Å². The molecule has 5 heteroatoms. The molecule has 0 atom stereocenters. The third-order valence-corrected chi connectivity index (χ3v) is 2.44. The van der Waals surface area contributed by atoms with Gasteiger partial charge in [0.2, 0.25) is 0 Å². The molecule has 2 amide bonds. The van der Waals surface area contributed by atoms with E-state index in [9.17, 15) is 4.79 Å². The van der Waals surface area contributed by atoms with Crippen LogP contribution in [0.2, 0.25) is 0 Å². The van der Waals surface area contributed by atoms with Crippen molar-refractivity contribution >= 4 is 39.2 Å². The molecule has 0 aliphatic heterocycles. The number of urea groups is 1. The van der Waals surface area contributed by atoms with Crippen molar-refractivity contribution in [1.82, 2.24) is 5.32 Å². The van der Waals surface area contributed by atoms with E-state index >= 15 is 0 Å². The van der Waals surface area contributed by atoms with E-state index in [1.807, 2.05) is 24.3 Å². The first-order chi connectivity index (χ1) is 7.22. The maximum atomic E-state index is 11.3. The number of rotatable bonds is 4. The number of benzene rings is 1. The Morgan fingerprint density at radius 2 is 2.27 bits per heavy atom. The Kier molecular flexibility index (Phi) is 5.50. The minimum Gasteiger partial charge on any atom is -0.338 e. The van der Waals surface area contributed by atoms with Gasteiger partial charge in [-0.3, -0.25) is 0 Å². The quantitative estimate of drug-likeness (QED) is 0.649. The lowest BCUT2D eigenvalue weighted by Gasteiger charge is -2.06. The molecule has 15 heavy (non-hydrogen) atoms. The molecule has 0 spiro atoms. The van der Waals surface area contributed by atoms with Crippen LogP contribution in [0.4, 0.5) is 10.5 Å². The molecule has 0 saturated heterocycles. The topological polar surface area (TPSA) is 41.1 Å². The van der Waals surface area contributed by atoms with Gasteiger partial charge in [0, 0.05) is 22.6 Å². The maximum absolute atomic E-state index is 11.3. The Balaban J connectivity index is 2.37. The Morgan fingerprint density at radius 3 is 2.93 bits per heavy atom. The number of carbonyl (C=O) groups excluding carboxylic acids is 1. The van der Waals surface area contributed by atoms with Crippen LogP contribution in [0, 0.1) is 0 Å². The summed E-state index contributed by atoms with van der Waals surface area (Å²) >= 11 is 8.81. The summed E-state index contributed by atoms with van der Waals surface area (Å²) in [5.74, 6) is 0.553. The molecular formula is C10H12BrClN2O. The van der Waals surface area contributed by atoms with Crippen LogP contribution in [0.3, 0.4) is 0 Å². The van der Waals surface area contributed by atoms with E-state index in [1.165, 1.54) is 0 Å². The van der Waals surface area contributed by atoms with Crippen LogP contribution >= 0.6 is 27.5 Å². The molecule has 0 aromatic heterocycles. The molecule has 0 aliphatic carbocycles. The van der Waals surface area contributed by atoms with Gasteiger partial charge in [0.25, 0.3) is 0 Å². The van der Waals surface area contributed by atoms with Gasteiger partial charge in [0.05, 0.1) is 0 Å². The van der Waals surface area contributed by atoms with E-state index < -0.39 is 0 Å². The van der Waals surface area contributed by atoms with Gasteiger partial charge in [-0.05, 0) is 24.6 Å². The second kappa shape index (κ2) is 6.69. The summed E-state index contributed by atoms with van der Waals surface area (Å²) < 4.78 is 0.932. The van der Waals surface area contributed by atoms with Crippen molar-refractivity contribution in [2.45, 2.75) is 6.42 Å². The largest absolute Gasteiger partial charge is 0.338 e. The Labute approximate surface area is 102 Å². The molecule has 0 bridgehead atoms. The molecule has 82 valence electrons. The van der Waals surface area contributed by atoms with Crippen LogP contribution in [-0.4, -0.2) is 18.5 Å². The molecule has 1 aromatic rings. The number of amides is 2. The Bertz CT molecular complexity index is 333. The second-order valence-electron chi connectivity index (χ2n) is 2.93. The lowest BCUT2D eigenvalue weighted by Crippen LogP contribution is -2.29. The molecule has 0 aliphatic rings. The molecular weight excluding hydrogens is 279 g/mol. The van der Waals surface area contributed by atoms with Crippen LogP contribution in [-0.2, 0) is 0 Å². The number of hydrogen-bond acceptors (Lipinski definition) is 1. The van der Waals surface area contributed by atoms with Crippen LogP contribution in [0.5, 0.6) is 0 Å². The second-order valence-corrected chi connectivity index (χ2v) is 4.23. The summed E-state index contributed by atoms with van der Waals surface area (Å²) in [5.41, 5.74) is 0.757. The fourth-order valence-corrected chi connectivity index (χ4v) is 1.54. The summed E-state index contributed by atoms with van der Waals surface area (Å²) in [6.45, 7) is 0.587. The van der Waals surface area contributed by atoms with Gasteiger partial charge >= 0.3 is 6.03 Å². The number of halogens is 2. The van der Waals surface area contributed by atoms with Crippen molar-refractivity contribution in [3.63, 3.8) is 0 Å². The number of alkyl halides is 1. The SMILES string of the molecule is O=C(NCCCCl)Nc1cccc(Br)c1. The van der Waals surface area contributed by atoms with Crippen LogP contribution < -0.4 is 10.6 Å². The number of carbonyl (C=O) groups is 1. The van der Waals surface area contributed by atoms with Crippen molar-refractivity contribution in [1.29, 1.82) is 0 Å². The highest BCUT2D eigenvalue weighted by atomic mass is 79.9. The van der Waals surface area contributed by atoms with Crippen LogP contribution in [0.25, 0.3) is 0 Å². The van der Waals surface area contributed by atoms with Gasteiger partial charge in [-0.2, -0.15) is 0 Å². The highest BCUT2D eigenvalue weighted by Crippen LogP contribution is 2.15. The average Bonchev–Trinajstić information content (AvgIpc) is 2.18. The predicted molar refractivity (Wildman–Crippen MR) is 66.5 cm³/mol. The predicted octanol–water partition coefficient (Wildman–Crippen LogP) is 3.20. The van der Waals surface area contributed by atoms with Gasteiger partial charge in [-0.15, -0.1) is 11.6 Å². The molecule has 0 saturated carbocycles. The maximum Gasteiger partial charge on any atom is 0.319 e. The van der Waals surface area contributed by atoms with Crippen molar-refractivity contribution in [2.75, 3.05) is 17.7 Å². The van der Waals surface area contributed by atoms with E-state index in [0.29, 0.717) is 12.4 Å². The average molecular weight is 292 g/mol. The zero-order valence-corrected chi connectivity index (χ0v) is 10.4. The molecule has 0 radical (unpaired) electrons. The summed E-state index contributed by atoms with van der Waals surface area (Å²) in [7, 11) is 0. The number of anilines is 1. The van der Waals surface area contributed by atoms with E-state index in [4.69, 9.17) is 11.6 Å². The van der Waals surface area contributed by atoms with Crippen molar-refractivity contribution in [3.8, 4) is 0 Å². The third-order valence-electron chi connectivity index (χ3n) is 1.68. The minimum absolute atomic E-state index is 0.210. The highest BCUT2D eigenvalue weighted by Gasteiger charge is 2.00. The van der Waals surface area contributed by atoms with Crippen molar-refractivity contribution < 1.29 is 4.79 Å². The van der Waals surface area contributed by atoms with Gasteiger partial charge in [-0.1, -0.05) is 22.0 Å². The van der Waals surface area contributed by atoms with E-state index in [2.05, 4.69) is 26.6 Å². The summed E-state index contributed by atoms with van der Waals surface area (Å²) in [4.78, 5) is 11.3. The fourth-order valence-electron chi connectivity index (χ4n) is 1.01. The van der Waals surface area contributed by atoms with Gasteiger partial charge in [0.15, 0.2) is 0 Å². The van der Waals surface area contributed by atoms with Crippen LogP contribution in [0.15, 0.2) is 28.7 Å². The molecule has 1 aromatic carbocycles. The summed E-state index contributed by atoms with van der Waals surface area (Å²) in [5, 5.41) is 5.42. The number of hydrogen-bond donors (Lipinski definition) is 2. The van der Waals surface area contributed by atoms with Crippen molar-refractivity contribution in [2.24, 2.45) is 0 Å². The molecule has 2 N–H and O–H groups in total. The summed E-state index contributed by atoms with van der Waals surface area (Å²) in [6.07, 6.45) is 0.771.